The summed E-state index contributed by atoms with van der Waals surface area (Å²) in [5.41, 5.74) is 7.88. The Hall–Kier alpha value is -2.40. The first kappa shape index (κ1) is 18.0. The summed E-state index contributed by atoms with van der Waals surface area (Å²) < 4.78 is 2.17. The number of aromatic nitrogens is 2. The molecule has 3 aromatic rings. The first-order valence-electron chi connectivity index (χ1n) is 8.74. The predicted octanol–water partition coefficient (Wildman–Crippen LogP) is 2.96. The van der Waals surface area contributed by atoms with Crippen molar-refractivity contribution in [1.29, 1.82) is 5.26 Å². The highest BCUT2D eigenvalue weighted by molar-refractivity contribution is 7.17. The first-order valence-corrected chi connectivity index (χ1v) is 10.0. The maximum absolute atomic E-state index is 13.2. The Kier molecular flexibility index (Phi) is 4.87. The number of piperidine rings is 1. The number of rotatable bonds is 3. The van der Waals surface area contributed by atoms with E-state index >= 15 is 0 Å². The molecule has 0 bridgehead atoms. The van der Waals surface area contributed by atoms with Crippen LogP contribution in [-0.4, -0.2) is 28.7 Å². The van der Waals surface area contributed by atoms with E-state index in [1.165, 1.54) is 11.3 Å². The number of benzene rings is 1. The summed E-state index contributed by atoms with van der Waals surface area (Å²) >= 11 is 7.55. The minimum atomic E-state index is -0.140. The predicted molar refractivity (Wildman–Crippen MR) is 109 cm³/mol. The van der Waals surface area contributed by atoms with Gasteiger partial charge in [0, 0.05) is 24.5 Å². The molecule has 1 fully saturated rings. The maximum Gasteiger partial charge on any atom is 0.273 e. The van der Waals surface area contributed by atoms with Gasteiger partial charge < -0.3 is 10.6 Å². The van der Waals surface area contributed by atoms with E-state index in [0.717, 1.165) is 24.9 Å². The highest BCUT2D eigenvalue weighted by Gasteiger charge is 2.24. The third-order valence-corrected chi connectivity index (χ3v) is 6.20. The van der Waals surface area contributed by atoms with Crippen molar-refractivity contribution in [2.75, 3.05) is 18.0 Å². The van der Waals surface area contributed by atoms with Crippen LogP contribution < -0.4 is 16.2 Å². The van der Waals surface area contributed by atoms with Crippen LogP contribution in [0.4, 0.5) is 5.95 Å². The molecule has 0 spiro atoms. The van der Waals surface area contributed by atoms with Crippen molar-refractivity contribution in [3.8, 4) is 6.07 Å². The molecule has 0 aliphatic carbocycles. The van der Waals surface area contributed by atoms with Crippen LogP contribution in [0.2, 0.25) is 5.02 Å². The standard InChI is InChI=1S/C19H18ClN5OS/c20-15-11-27-17-16(15)23-19(24-7-3-6-14(22)10-24)25(18(17)26)9-13-5-2-1-4-12(13)8-21/h1-2,4-5,11,14H,3,6-7,9-10,22H2/t14-/m1/s1. The number of anilines is 1. The summed E-state index contributed by atoms with van der Waals surface area (Å²) in [5, 5.41) is 11.6. The molecular formula is C19H18ClN5OS. The molecule has 4 rings (SSSR count). The number of nitrogens with zero attached hydrogens (tertiary/aromatic N) is 4. The van der Waals surface area contributed by atoms with Gasteiger partial charge in [-0.25, -0.2) is 4.98 Å². The van der Waals surface area contributed by atoms with Crippen LogP contribution in [-0.2, 0) is 6.54 Å². The van der Waals surface area contributed by atoms with E-state index in [1.807, 2.05) is 18.2 Å². The normalized spacial score (nSPS) is 17.2. The van der Waals surface area contributed by atoms with Crippen LogP contribution in [0, 0.1) is 11.3 Å². The van der Waals surface area contributed by atoms with E-state index in [4.69, 9.17) is 22.3 Å². The number of fused-ring (bicyclic) bond motifs is 1. The van der Waals surface area contributed by atoms with Gasteiger partial charge in [-0.2, -0.15) is 5.26 Å². The SMILES string of the molecule is N#Cc1ccccc1Cn1c(N2CCC[C@@H](N)C2)nc2c(Cl)csc2c1=O. The van der Waals surface area contributed by atoms with E-state index in [-0.39, 0.29) is 18.1 Å². The quantitative estimate of drug-likeness (QED) is 0.731. The molecule has 6 nitrogen and oxygen atoms in total. The highest BCUT2D eigenvalue weighted by atomic mass is 35.5. The lowest BCUT2D eigenvalue weighted by Crippen LogP contribution is -2.45. The summed E-state index contributed by atoms with van der Waals surface area (Å²) in [6.07, 6.45) is 1.90. The number of thiophene rings is 1. The van der Waals surface area contributed by atoms with Crippen molar-refractivity contribution in [2.45, 2.75) is 25.4 Å². The lowest BCUT2D eigenvalue weighted by Gasteiger charge is -2.33. The van der Waals surface area contributed by atoms with E-state index < -0.39 is 0 Å². The Balaban J connectivity index is 1.89. The van der Waals surface area contributed by atoms with Crippen molar-refractivity contribution < 1.29 is 0 Å². The Labute approximate surface area is 165 Å². The van der Waals surface area contributed by atoms with Gasteiger partial charge in [0.25, 0.3) is 5.56 Å². The molecule has 0 radical (unpaired) electrons. The molecule has 1 aromatic carbocycles. The monoisotopic (exact) mass is 399 g/mol. The average Bonchev–Trinajstić information content (AvgIpc) is 3.05. The minimum Gasteiger partial charge on any atom is -0.341 e. The van der Waals surface area contributed by atoms with Gasteiger partial charge in [0.2, 0.25) is 5.95 Å². The van der Waals surface area contributed by atoms with E-state index in [0.29, 0.717) is 33.3 Å². The fourth-order valence-corrected chi connectivity index (χ4v) is 4.61. The van der Waals surface area contributed by atoms with Gasteiger partial charge in [0.15, 0.2) is 0 Å². The fraction of sp³-hybridized carbons (Fsp3) is 0.316. The Morgan fingerprint density at radius 1 is 1.41 bits per heavy atom. The number of hydrogen-bond acceptors (Lipinski definition) is 6. The second-order valence-electron chi connectivity index (χ2n) is 6.68. The molecule has 1 aliphatic rings. The van der Waals surface area contributed by atoms with E-state index in [1.54, 1.807) is 16.0 Å². The summed E-state index contributed by atoms with van der Waals surface area (Å²) in [6.45, 7) is 1.70. The molecule has 138 valence electrons. The first-order chi connectivity index (χ1) is 13.1. The molecule has 1 aliphatic heterocycles. The summed E-state index contributed by atoms with van der Waals surface area (Å²) in [5.74, 6) is 0.565. The van der Waals surface area contributed by atoms with E-state index in [2.05, 4.69) is 11.0 Å². The van der Waals surface area contributed by atoms with Gasteiger partial charge in [0.05, 0.1) is 23.2 Å². The maximum atomic E-state index is 13.2. The second-order valence-corrected chi connectivity index (χ2v) is 7.97. The Bertz CT molecular complexity index is 1100. The summed E-state index contributed by atoms with van der Waals surface area (Å²) in [7, 11) is 0. The van der Waals surface area contributed by atoms with Gasteiger partial charge in [-0.3, -0.25) is 9.36 Å². The summed E-state index contributed by atoms with van der Waals surface area (Å²) in [6, 6.07) is 9.54. The van der Waals surface area contributed by atoms with Gasteiger partial charge in [-0.15, -0.1) is 11.3 Å². The topological polar surface area (TPSA) is 87.9 Å². The number of nitriles is 1. The van der Waals surface area contributed by atoms with Crippen LogP contribution in [0.25, 0.3) is 10.2 Å². The van der Waals surface area contributed by atoms with Crippen molar-refractivity contribution in [1.82, 2.24) is 9.55 Å². The molecule has 0 amide bonds. The van der Waals surface area contributed by atoms with Crippen molar-refractivity contribution >= 4 is 39.1 Å². The van der Waals surface area contributed by atoms with Gasteiger partial charge in [-0.1, -0.05) is 29.8 Å². The third kappa shape index (κ3) is 3.32. The third-order valence-electron chi connectivity index (χ3n) is 4.82. The average molecular weight is 400 g/mol. The molecule has 0 unspecified atom stereocenters. The van der Waals surface area contributed by atoms with Gasteiger partial charge in [0.1, 0.15) is 10.2 Å². The minimum absolute atomic E-state index is 0.0455. The van der Waals surface area contributed by atoms with Gasteiger partial charge in [-0.05, 0) is 24.5 Å². The highest BCUT2D eigenvalue weighted by Crippen LogP contribution is 2.29. The zero-order valence-electron chi connectivity index (χ0n) is 14.6. The molecule has 8 heteroatoms. The Morgan fingerprint density at radius 2 is 2.22 bits per heavy atom. The molecule has 27 heavy (non-hydrogen) atoms. The number of nitrogens with two attached hydrogens (primary N) is 1. The zero-order valence-corrected chi connectivity index (χ0v) is 16.1. The van der Waals surface area contributed by atoms with Crippen LogP contribution >= 0.6 is 22.9 Å². The fourth-order valence-electron chi connectivity index (χ4n) is 3.47. The smallest absolute Gasteiger partial charge is 0.273 e. The number of hydrogen-bond donors (Lipinski definition) is 1. The molecule has 2 aromatic heterocycles. The molecule has 2 N–H and O–H groups in total. The molecule has 1 atom stereocenters. The second kappa shape index (κ2) is 7.31. The van der Waals surface area contributed by atoms with E-state index in [9.17, 15) is 10.1 Å². The lowest BCUT2D eigenvalue weighted by molar-refractivity contribution is 0.492. The molecule has 1 saturated heterocycles. The largest absolute Gasteiger partial charge is 0.341 e. The van der Waals surface area contributed by atoms with Crippen LogP contribution in [0.1, 0.15) is 24.0 Å². The molecule has 3 heterocycles. The zero-order chi connectivity index (χ0) is 19.0. The molecule has 0 saturated carbocycles. The lowest BCUT2D eigenvalue weighted by atomic mass is 10.1. The van der Waals surface area contributed by atoms with Crippen molar-refractivity contribution in [2.24, 2.45) is 5.73 Å². The van der Waals surface area contributed by atoms with Crippen molar-refractivity contribution in [3.63, 3.8) is 0 Å². The number of halogens is 1. The Morgan fingerprint density at radius 3 is 3.00 bits per heavy atom. The van der Waals surface area contributed by atoms with Crippen LogP contribution in [0.5, 0.6) is 0 Å². The molecular weight excluding hydrogens is 382 g/mol. The van der Waals surface area contributed by atoms with Crippen LogP contribution in [0.3, 0.4) is 0 Å². The van der Waals surface area contributed by atoms with Gasteiger partial charge >= 0.3 is 0 Å². The van der Waals surface area contributed by atoms with Crippen LogP contribution in [0.15, 0.2) is 34.4 Å². The van der Waals surface area contributed by atoms with Crippen molar-refractivity contribution in [3.05, 3.63) is 56.1 Å². The summed E-state index contributed by atoms with van der Waals surface area (Å²) in [4.78, 5) is 20.0.